The van der Waals surface area contributed by atoms with Gasteiger partial charge >= 0.3 is 7.12 Å². The number of halogens is 5. The van der Waals surface area contributed by atoms with Gasteiger partial charge in [0.15, 0.2) is 0 Å². The van der Waals surface area contributed by atoms with Crippen molar-refractivity contribution in [2.45, 2.75) is 84.8 Å². The molecule has 6 nitrogen and oxygen atoms in total. The van der Waals surface area contributed by atoms with Gasteiger partial charge in [0.25, 0.3) is 0 Å². The Morgan fingerprint density at radius 1 is 0.314 bits per heavy atom. The van der Waals surface area contributed by atoms with Gasteiger partial charge in [-0.2, -0.15) is 0 Å². The van der Waals surface area contributed by atoms with Crippen LogP contribution in [0.4, 0.5) is 0 Å². The fourth-order valence-corrected chi connectivity index (χ4v) is 18.6. The number of benzene rings is 17. The number of rotatable bonds is 6. The van der Waals surface area contributed by atoms with Crippen molar-refractivity contribution >= 4 is 199 Å². The maximum atomic E-state index is 6.44. The first kappa shape index (κ1) is 79.3. The quantitative estimate of drug-likeness (QED) is 0.155. The van der Waals surface area contributed by atoms with E-state index in [0.717, 1.165) is 114 Å². The molecule has 21 aromatic rings. The lowest BCUT2D eigenvalue weighted by atomic mass is 9.78. The van der Waals surface area contributed by atoms with Crippen LogP contribution in [-0.4, -0.2) is 22.9 Å². The molecule has 5 heterocycles. The van der Waals surface area contributed by atoms with E-state index in [4.69, 9.17) is 57.4 Å². The van der Waals surface area contributed by atoms with E-state index in [2.05, 4.69) is 339 Å². The molecule has 1 saturated heterocycles. The van der Waals surface area contributed by atoms with E-state index in [1.807, 2.05) is 72.8 Å². The van der Waals surface area contributed by atoms with E-state index in [0.29, 0.717) is 0 Å². The van der Waals surface area contributed by atoms with Gasteiger partial charge < -0.3 is 27.1 Å². The highest BCUT2D eigenvalue weighted by atomic mass is 79.9. The van der Waals surface area contributed by atoms with Crippen LogP contribution in [0.5, 0.6) is 0 Å². The number of unbranched alkanes of at least 4 members (excludes halogenated alkanes) is 2. The van der Waals surface area contributed by atoms with Crippen LogP contribution < -0.4 is 5.46 Å². The van der Waals surface area contributed by atoms with Crippen LogP contribution in [0.15, 0.2) is 356 Å². The van der Waals surface area contributed by atoms with E-state index in [9.17, 15) is 0 Å². The van der Waals surface area contributed by atoms with Crippen LogP contribution in [0.2, 0.25) is 15.1 Å². The highest BCUT2D eigenvalue weighted by Gasteiger charge is 2.52. The molecule has 0 amide bonds. The molecule has 3 aliphatic rings. The van der Waals surface area contributed by atoms with Gasteiger partial charge in [0.2, 0.25) is 0 Å². The summed E-state index contributed by atoms with van der Waals surface area (Å²) in [7, 11) is -0.371. The molecule has 0 unspecified atom stereocenters. The monoisotopic (exact) mass is 1760 g/mol. The Morgan fingerprint density at radius 2 is 0.727 bits per heavy atom. The molecule has 0 radical (unpaired) electrons. The lowest BCUT2D eigenvalue weighted by Gasteiger charge is -2.32. The minimum absolute atomic E-state index is 0.349. The van der Waals surface area contributed by atoms with E-state index in [1.54, 1.807) is 0 Å². The Labute approximate surface area is 735 Å². The Hall–Kier alpha value is -11.5. The second kappa shape index (κ2) is 33.2. The third-order valence-electron chi connectivity index (χ3n) is 24.1. The average molecular weight is 1760 g/mol. The average Bonchev–Trinajstić information content (AvgIpc) is 1.60. The number of furan rings is 3. The molecule has 0 saturated carbocycles. The SMILES string of the molecule is Brc1ccccc1.CC1(C)OB(c2ccc3oc4ccc5ccccc5c4c3c2)OC1(C)C.CCCCC.Clc1ccc2c(c1)Cc1ccc(-c3ccc4oc5ccc6ccccc6c5c4c3)cc1-2.Clc1ccc2c(c1)Cc1ccc(Br)cc1-2.Clc1ccc2c3cc(-c4ccc5oc6ccc7ccccc7c6c5c4)ccc3n(-c3ccccc3)c2c1. The second-order valence-electron chi connectivity index (χ2n) is 32.4. The molecular formula is C109H83BBr2Cl3NO5. The minimum Gasteiger partial charge on any atom is -0.456 e. The van der Waals surface area contributed by atoms with Gasteiger partial charge in [-0.1, -0.05) is 294 Å². The number of para-hydroxylation sites is 1. The van der Waals surface area contributed by atoms with Crippen molar-refractivity contribution in [1.29, 1.82) is 0 Å². The molecule has 121 heavy (non-hydrogen) atoms. The molecule has 0 N–H and O–H groups in total. The second-order valence-corrected chi connectivity index (χ2v) is 35.5. The molecule has 24 rings (SSSR count). The van der Waals surface area contributed by atoms with Crippen LogP contribution in [0.25, 0.3) is 170 Å². The summed E-state index contributed by atoms with van der Waals surface area (Å²) in [4.78, 5) is 0. The maximum Gasteiger partial charge on any atom is 0.494 e. The predicted octanol–water partition coefficient (Wildman–Crippen LogP) is 33.1. The zero-order chi connectivity index (χ0) is 82.8. The third-order valence-corrected chi connectivity index (χ3v) is 25.9. The largest absolute Gasteiger partial charge is 0.494 e. The van der Waals surface area contributed by atoms with Gasteiger partial charge in [0.1, 0.15) is 33.5 Å². The zero-order valence-corrected chi connectivity index (χ0v) is 73.2. The van der Waals surface area contributed by atoms with Crippen molar-refractivity contribution in [2.24, 2.45) is 0 Å². The lowest BCUT2D eigenvalue weighted by Crippen LogP contribution is -2.41. The van der Waals surface area contributed by atoms with Crippen LogP contribution in [-0.2, 0) is 22.2 Å². The molecule has 0 atom stereocenters. The van der Waals surface area contributed by atoms with Gasteiger partial charge in [0.05, 0.1) is 22.2 Å². The number of aromatic nitrogens is 1. The predicted molar refractivity (Wildman–Crippen MR) is 520 cm³/mol. The van der Waals surface area contributed by atoms with Crippen molar-refractivity contribution in [3.8, 4) is 50.2 Å². The van der Waals surface area contributed by atoms with Crippen LogP contribution in [0.1, 0.15) is 83.1 Å². The molecular weight excluding hydrogens is 1680 g/mol. The van der Waals surface area contributed by atoms with E-state index >= 15 is 0 Å². The zero-order valence-electron chi connectivity index (χ0n) is 67.7. The number of fused-ring (bicyclic) bond motifs is 24. The van der Waals surface area contributed by atoms with Gasteiger partial charge in [-0.3, -0.25) is 0 Å². The summed E-state index contributed by atoms with van der Waals surface area (Å²) in [6.07, 6.45) is 6.02. The Kier molecular flexibility index (Phi) is 21.7. The molecule has 12 heteroatoms. The summed E-state index contributed by atoms with van der Waals surface area (Å²) in [6.45, 7) is 12.7. The normalized spacial score (nSPS) is 13.3. The van der Waals surface area contributed by atoms with Crippen molar-refractivity contribution < 1.29 is 22.6 Å². The van der Waals surface area contributed by atoms with Crippen molar-refractivity contribution in [1.82, 2.24) is 4.57 Å². The van der Waals surface area contributed by atoms with Crippen molar-refractivity contribution in [3.63, 3.8) is 0 Å². The topological polar surface area (TPSA) is 62.8 Å². The number of hydrogen-bond acceptors (Lipinski definition) is 5. The van der Waals surface area contributed by atoms with Gasteiger partial charge in [-0.05, 0) is 285 Å². The van der Waals surface area contributed by atoms with E-state index in [-0.39, 0.29) is 18.3 Å². The lowest BCUT2D eigenvalue weighted by molar-refractivity contribution is 0.00578. The first-order valence-corrected chi connectivity index (χ1v) is 44.0. The van der Waals surface area contributed by atoms with Crippen LogP contribution in [0, 0.1) is 0 Å². The molecule has 17 aromatic carbocycles. The first-order valence-electron chi connectivity index (χ1n) is 41.3. The van der Waals surface area contributed by atoms with Crippen molar-refractivity contribution in [2.75, 3.05) is 0 Å². The minimum atomic E-state index is -0.371. The smallest absolute Gasteiger partial charge is 0.456 e. The summed E-state index contributed by atoms with van der Waals surface area (Å²) in [5.74, 6) is 0. The molecule has 592 valence electrons. The Balaban J connectivity index is 0.000000105. The molecule has 2 aliphatic carbocycles. The van der Waals surface area contributed by atoms with Crippen LogP contribution >= 0.6 is 66.7 Å². The molecule has 0 bridgehead atoms. The Bertz CT molecular complexity index is 7560. The molecule has 1 aliphatic heterocycles. The van der Waals surface area contributed by atoms with Gasteiger partial charge in [-0.15, -0.1) is 0 Å². The highest BCUT2D eigenvalue weighted by molar-refractivity contribution is 9.10. The van der Waals surface area contributed by atoms with Crippen LogP contribution in [0.3, 0.4) is 0 Å². The molecule has 4 aromatic heterocycles. The number of hydrogen-bond donors (Lipinski definition) is 0. The summed E-state index contributed by atoms with van der Waals surface area (Å²) in [5, 5.41) is 19.0. The summed E-state index contributed by atoms with van der Waals surface area (Å²) >= 11 is 25.5. The van der Waals surface area contributed by atoms with E-state index in [1.165, 1.54) is 140 Å². The maximum absolute atomic E-state index is 6.44. The first-order chi connectivity index (χ1) is 58.9. The molecule has 1 fully saturated rings. The van der Waals surface area contributed by atoms with Gasteiger partial charge in [0, 0.05) is 72.8 Å². The molecule has 0 spiro atoms. The fourth-order valence-electron chi connectivity index (χ4n) is 17.4. The number of nitrogens with zero attached hydrogens (tertiary/aromatic N) is 1. The third kappa shape index (κ3) is 15.4. The Morgan fingerprint density at radius 3 is 1.22 bits per heavy atom. The van der Waals surface area contributed by atoms with Crippen molar-refractivity contribution in [3.05, 3.63) is 380 Å². The summed E-state index contributed by atoms with van der Waals surface area (Å²) in [5.41, 5.74) is 24.6. The summed E-state index contributed by atoms with van der Waals surface area (Å²) in [6, 6.07) is 116. The van der Waals surface area contributed by atoms with E-state index < -0.39 is 0 Å². The summed E-state index contributed by atoms with van der Waals surface area (Å²) < 4.78 is 35.5. The fraction of sp³-hybridized carbons (Fsp3) is 0.119. The van der Waals surface area contributed by atoms with Gasteiger partial charge in [-0.25, -0.2) is 0 Å². The standard InChI is InChI=1S/C34H20ClNO.C29H17ClO.C22H21BO3.C13H8BrCl.C6H5Br.C5H12/c35-24-13-14-27-28-18-22(10-15-30(28)36(31(27)20-24)25-7-2-1-3-8-25)23-12-16-32-29(19-23)34-26-9-5-4-6-21(26)11-17-33(34)37-32;30-22-9-10-23-21(14-22)13-20-6-5-18(15-25(20)23)19-8-11-27-26(16-19)29-24-4-2-1-3-17(24)7-12-28(29)31-27;1-21(2)22(3,4)26-23(25-21)15-10-12-18-17(13-15)20-16-8-6-5-7-14(16)9-11-19(20)24-18;14-10-2-1-8-5-9-6-11(15)3-4-12(9)13(8)7-10;7-6-4-2-1-3-5-6;1-3-5-4-2/h1-20H;1-12,14-16H,13H2;5-13H,1-4H3;1-4,6-7H,5H2;1-5H;3-5H2,1-2H3. The highest BCUT2D eigenvalue weighted by Crippen LogP contribution is 2.46.